The first-order valence-electron chi connectivity index (χ1n) is 10.8. The number of para-hydroxylation sites is 1. The Labute approximate surface area is 176 Å². The second kappa shape index (κ2) is 9.18. The largest absolute Gasteiger partial charge is 0.450 e. The van der Waals surface area contributed by atoms with Crippen molar-refractivity contribution >= 4 is 22.8 Å². The fourth-order valence-corrected chi connectivity index (χ4v) is 4.73. The van der Waals surface area contributed by atoms with Crippen molar-refractivity contribution in [1.29, 1.82) is 0 Å². The van der Waals surface area contributed by atoms with Gasteiger partial charge in [0.25, 0.3) is 5.91 Å². The van der Waals surface area contributed by atoms with Crippen molar-refractivity contribution < 1.29 is 23.5 Å². The van der Waals surface area contributed by atoms with Crippen LogP contribution in [0.1, 0.15) is 48.2 Å². The lowest BCUT2D eigenvalue weighted by Crippen LogP contribution is -2.59. The van der Waals surface area contributed by atoms with Gasteiger partial charge in [-0.05, 0) is 25.8 Å². The maximum Gasteiger partial charge on any atom is 0.375 e. The summed E-state index contributed by atoms with van der Waals surface area (Å²) in [5.41, 5.74) is 1.34. The van der Waals surface area contributed by atoms with Gasteiger partial charge < -0.3 is 19.2 Å². The number of rotatable bonds is 6. The monoisotopic (exact) mass is 414 g/mol. The molecule has 0 unspecified atom stereocenters. The third-order valence-electron chi connectivity index (χ3n) is 6.44. The highest BCUT2D eigenvalue weighted by Gasteiger charge is 2.38. The van der Waals surface area contributed by atoms with Crippen LogP contribution in [-0.4, -0.2) is 61.8 Å². The Bertz CT molecular complexity index is 894. The molecule has 1 amide bonds. The number of nitrogens with one attached hydrogen (secondary N) is 1. The molecule has 1 aliphatic heterocycles. The highest BCUT2D eigenvalue weighted by molar-refractivity contribution is 5.96. The molecule has 30 heavy (non-hydrogen) atoms. The summed E-state index contributed by atoms with van der Waals surface area (Å²) in [4.78, 5) is 27.4. The van der Waals surface area contributed by atoms with Crippen molar-refractivity contribution in [2.24, 2.45) is 0 Å². The zero-order chi connectivity index (χ0) is 21.0. The molecule has 7 nitrogen and oxygen atoms in total. The van der Waals surface area contributed by atoms with Gasteiger partial charge in [-0.25, -0.2) is 4.79 Å². The van der Waals surface area contributed by atoms with Gasteiger partial charge in [0.1, 0.15) is 5.58 Å². The van der Waals surface area contributed by atoms with Gasteiger partial charge in [-0.1, -0.05) is 37.5 Å². The maximum atomic E-state index is 12.4. The number of fused-ring (bicyclic) bond motifs is 1. The number of hydrogen-bond acceptors (Lipinski definition) is 6. The minimum atomic E-state index is -0.612. The van der Waals surface area contributed by atoms with Crippen molar-refractivity contribution in [1.82, 2.24) is 10.2 Å². The van der Waals surface area contributed by atoms with Crippen molar-refractivity contribution in [3.8, 4) is 0 Å². The quantitative estimate of drug-likeness (QED) is 0.732. The SMILES string of the molecule is Cc1c(C(=O)OCC(=O)NCC2(N3CCOCC3)CCCCC2)oc2ccccc12. The van der Waals surface area contributed by atoms with Gasteiger partial charge in [-0.2, -0.15) is 0 Å². The lowest BCUT2D eigenvalue weighted by atomic mass is 9.79. The highest BCUT2D eigenvalue weighted by Crippen LogP contribution is 2.34. The summed E-state index contributed by atoms with van der Waals surface area (Å²) in [6.07, 6.45) is 5.74. The van der Waals surface area contributed by atoms with E-state index >= 15 is 0 Å². The van der Waals surface area contributed by atoms with Crippen LogP contribution >= 0.6 is 0 Å². The van der Waals surface area contributed by atoms with Crippen molar-refractivity contribution in [2.45, 2.75) is 44.6 Å². The minimum Gasteiger partial charge on any atom is -0.450 e. The molecular formula is C23H30N2O5. The first-order valence-corrected chi connectivity index (χ1v) is 10.8. The number of hydrogen-bond donors (Lipinski definition) is 1. The molecule has 1 aromatic carbocycles. The minimum absolute atomic E-state index is 0.0168. The predicted molar refractivity (Wildman–Crippen MR) is 112 cm³/mol. The Morgan fingerprint density at radius 1 is 1.13 bits per heavy atom. The van der Waals surface area contributed by atoms with E-state index in [1.165, 1.54) is 19.3 Å². The van der Waals surface area contributed by atoms with E-state index in [4.69, 9.17) is 13.9 Å². The Balaban J connectivity index is 1.33. The molecule has 2 heterocycles. The van der Waals surface area contributed by atoms with Gasteiger partial charge >= 0.3 is 5.97 Å². The van der Waals surface area contributed by atoms with Crippen LogP contribution in [0.4, 0.5) is 0 Å². The van der Waals surface area contributed by atoms with Crippen LogP contribution in [0, 0.1) is 6.92 Å². The summed E-state index contributed by atoms with van der Waals surface area (Å²) in [7, 11) is 0. The molecule has 2 aliphatic rings. The topological polar surface area (TPSA) is 81.0 Å². The summed E-state index contributed by atoms with van der Waals surface area (Å²) in [5, 5.41) is 3.88. The third-order valence-corrected chi connectivity index (χ3v) is 6.44. The van der Waals surface area contributed by atoms with Crippen LogP contribution in [0.15, 0.2) is 28.7 Å². The number of amides is 1. The van der Waals surface area contributed by atoms with Crippen LogP contribution in [0.2, 0.25) is 0 Å². The molecule has 1 aromatic heterocycles. The van der Waals surface area contributed by atoms with E-state index in [0.29, 0.717) is 12.1 Å². The molecule has 162 valence electrons. The van der Waals surface area contributed by atoms with E-state index in [1.807, 2.05) is 25.1 Å². The Morgan fingerprint density at radius 3 is 2.60 bits per heavy atom. The Morgan fingerprint density at radius 2 is 1.87 bits per heavy atom. The van der Waals surface area contributed by atoms with E-state index in [0.717, 1.165) is 50.1 Å². The second-order valence-electron chi connectivity index (χ2n) is 8.29. The van der Waals surface area contributed by atoms with E-state index in [2.05, 4.69) is 10.2 Å². The molecule has 2 aromatic rings. The highest BCUT2D eigenvalue weighted by atomic mass is 16.5. The molecule has 1 aliphatic carbocycles. The molecule has 1 saturated carbocycles. The lowest BCUT2D eigenvalue weighted by molar-refractivity contribution is -0.125. The number of carbonyl (C=O) groups is 2. The van der Waals surface area contributed by atoms with Gasteiger partial charge in [0.15, 0.2) is 6.61 Å². The summed E-state index contributed by atoms with van der Waals surface area (Å²) in [6, 6.07) is 7.44. The zero-order valence-electron chi connectivity index (χ0n) is 17.6. The first kappa shape index (κ1) is 20.9. The van der Waals surface area contributed by atoms with Crippen molar-refractivity contribution in [3.63, 3.8) is 0 Å². The van der Waals surface area contributed by atoms with Gasteiger partial charge in [-0.15, -0.1) is 0 Å². The third kappa shape index (κ3) is 4.37. The summed E-state index contributed by atoms with van der Waals surface area (Å²) >= 11 is 0. The van der Waals surface area contributed by atoms with Crippen LogP contribution in [-0.2, 0) is 14.3 Å². The number of nitrogens with zero attached hydrogens (tertiary/aromatic N) is 1. The normalized spacial score (nSPS) is 19.5. The fourth-order valence-electron chi connectivity index (χ4n) is 4.73. The number of morpholine rings is 1. The average Bonchev–Trinajstić information content (AvgIpc) is 3.14. The summed E-state index contributed by atoms with van der Waals surface area (Å²) in [5.74, 6) is -0.740. The molecule has 7 heteroatoms. The standard InChI is InChI=1S/C23H30N2O5/c1-17-18-7-3-4-8-19(18)30-21(17)22(27)29-15-20(26)24-16-23(9-5-2-6-10-23)25-11-13-28-14-12-25/h3-4,7-8H,2,5-6,9-16H2,1H3,(H,24,26). The van der Waals surface area contributed by atoms with Gasteiger partial charge in [0.2, 0.25) is 5.76 Å². The predicted octanol–water partition coefficient (Wildman–Crippen LogP) is 3.05. The van der Waals surface area contributed by atoms with E-state index in [-0.39, 0.29) is 23.8 Å². The van der Waals surface area contributed by atoms with Crippen molar-refractivity contribution in [3.05, 3.63) is 35.6 Å². The molecule has 0 bridgehead atoms. The molecule has 1 saturated heterocycles. The summed E-state index contributed by atoms with van der Waals surface area (Å²) in [6.45, 7) is 5.36. The number of carbonyl (C=O) groups excluding carboxylic acids is 2. The Kier molecular flexibility index (Phi) is 6.39. The number of esters is 1. The van der Waals surface area contributed by atoms with E-state index in [9.17, 15) is 9.59 Å². The number of furan rings is 1. The Hall–Kier alpha value is -2.38. The smallest absolute Gasteiger partial charge is 0.375 e. The van der Waals surface area contributed by atoms with Crippen molar-refractivity contribution in [2.75, 3.05) is 39.5 Å². The average molecular weight is 415 g/mol. The molecule has 2 fully saturated rings. The van der Waals surface area contributed by atoms with Crippen LogP contribution in [0.25, 0.3) is 11.0 Å². The van der Waals surface area contributed by atoms with Crippen LogP contribution < -0.4 is 5.32 Å². The molecule has 4 rings (SSSR count). The fraction of sp³-hybridized carbons (Fsp3) is 0.565. The molecule has 0 atom stereocenters. The van der Waals surface area contributed by atoms with Crippen LogP contribution in [0.5, 0.6) is 0 Å². The second-order valence-corrected chi connectivity index (χ2v) is 8.29. The first-order chi connectivity index (χ1) is 14.6. The van der Waals surface area contributed by atoms with E-state index in [1.54, 1.807) is 6.07 Å². The lowest BCUT2D eigenvalue weighted by Gasteiger charge is -2.48. The number of ether oxygens (including phenoxy) is 2. The van der Waals surface area contributed by atoms with Crippen LogP contribution in [0.3, 0.4) is 0 Å². The van der Waals surface area contributed by atoms with E-state index < -0.39 is 5.97 Å². The molecule has 0 radical (unpaired) electrons. The maximum absolute atomic E-state index is 12.4. The number of aryl methyl sites for hydroxylation is 1. The molecule has 0 spiro atoms. The zero-order valence-corrected chi connectivity index (χ0v) is 17.6. The summed E-state index contributed by atoms with van der Waals surface area (Å²) < 4.78 is 16.4. The van der Waals surface area contributed by atoms with Gasteiger partial charge in [0.05, 0.1) is 13.2 Å². The molecular weight excluding hydrogens is 384 g/mol. The van der Waals surface area contributed by atoms with Gasteiger partial charge in [-0.3, -0.25) is 9.69 Å². The number of benzene rings is 1. The van der Waals surface area contributed by atoms with Gasteiger partial charge in [0, 0.05) is 36.1 Å². The molecule has 1 N–H and O–H groups in total.